The fourth-order valence-corrected chi connectivity index (χ4v) is 2.55. The summed E-state index contributed by atoms with van der Waals surface area (Å²) < 4.78 is 10.6. The zero-order chi connectivity index (χ0) is 19.6. The van der Waals surface area contributed by atoms with Crippen LogP contribution in [0.3, 0.4) is 0 Å². The van der Waals surface area contributed by atoms with E-state index in [0.29, 0.717) is 13.1 Å². The number of amides is 2. The van der Waals surface area contributed by atoms with E-state index < -0.39 is 11.7 Å². The fraction of sp³-hybridized carbons (Fsp3) is 0.600. The lowest BCUT2D eigenvalue weighted by molar-refractivity contribution is 0.0450. The Bertz CT molecular complexity index is 555. The summed E-state index contributed by atoms with van der Waals surface area (Å²) in [4.78, 5) is 25.7. The van der Waals surface area contributed by atoms with E-state index in [2.05, 4.69) is 5.32 Å². The van der Waals surface area contributed by atoms with Gasteiger partial charge in [0.25, 0.3) is 0 Å². The number of nitrogens with zero attached hydrogens (tertiary/aromatic N) is 1. The molecule has 2 rings (SSSR count). The van der Waals surface area contributed by atoms with Crippen LogP contribution in [0.5, 0.6) is 0 Å². The van der Waals surface area contributed by atoms with Crippen molar-refractivity contribution in [3.63, 3.8) is 0 Å². The lowest BCUT2D eigenvalue weighted by Gasteiger charge is -2.33. The highest BCUT2D eigenvalue weighted by molar-refractivity contribution is 5.69. The van der Waals surface area contributed by atoms with E-state index in [1.165, 1.54) is 0 Å². The number of rotatable bonds is 3. The monoisotopic (exact) mass is 364 g/mol. The van der Waals surface area contributed by atoms with Crippen LogP contribution in [0, 0.1) is 0 Å². The second kappa shape index (κ2) is 10.7. The number of carbonyl (C=O) groups is 2. The molecule has 0 saturated carbocycles. The third kappa shape index (κ3) is 8.23. The molecular formula is C20H32N2O4. The Kier molecular flexibility index (Phi) is 8.96. The van der Waals surface area contributed by atoms with Crippen LogP contribution >= 0.6 is 0 Å². The van der Waals surface area contributed by atoms with Crippen LogP contribution < -0.4 is 5.32 Å². The van der Waals surface area contributed by atoms with E-state index >= 15 is 0 Å². The predicted octanol–water partition coefficient (Wildman–Crippen LogP) is 4.34. The second-order valence-electron chi connectivity index (χ2n) is 6.97. The van der Waals surface area contributed by atoms with Crippen LogP contribution in [-0.4, -0.2) is 41.8 Å². The molecule has 0 bridgehead atoms. The van der Waals surface area contributed by atoms with Gasteiger partial charge in [-0.2, -0.15) is 0 Å². The molecule has 0 aliphatic carbocycles. The van der Waals surface area contributed by atoms with Gasteiger partial charge < -0.3 is 19.7 Å². The molecule has 2 amide bonds. The standard InChI is InChI=1S/C18H26N2O4.C2H6/c1-18(2,3)24-16(21)19-15-10-7-11-20(12-15)17(22)23-13-14-8-5-4-6-9-14;1-2/h4-6,8-9,15H,7,10-13H2,1-3H3,(H,19,21);1-2H3/t15-;/m1./s1. The Hall–Kier alpha value is -2.24. The number of hydrogen-bond acceptors (Lipinski definition) is 4. The first-order chi connectivity index (χ1) is 12.3. The molecule has 1 heterocycles. The van der Waals surface area contributed by atoms with E-state index in [4.69, 9.17) is 9.47 Å². The maximum absolute atomic E-state index is 12.2. The molecule has 1 aliphatic rings. The number of hydrogen-bond donors (Lipinski definition) is 1. The molecule has 6 nitrogen and oxygen atoms in total. The number of piperidine rings is 1. The molecule has 0 radical (unpaired) electrons. The van der Waals surface area contributed by atoms with Crippen molar-refractivity contribution in [2.24, 2.45) is 0 Å². The van der Waals surface area contributed by atoms with Crippen molar-refractivity contribution in [2.45, 2.75) is 65.7 Å². The van der Waals surface area contributed by atoms with Crippen molar-refractivity contribution in [1.29, 1.82) is 0 Å². The average molecular weight is 364 g/mol. The Morgan fingerprint density at radius 1 is 1.19 bits per heavy atom. The minimum Gasteiger partial charge on any atom is -0.445 e. The molecule has 1 aromatic carbocycles. The molecule has 146 valence electrons. The van der Waals surface area contributed by atoms with Crippen molar-refractivity contribution in [2.75, 3.05) is 13.1 Å². The number of benzene rings is 1. The SMILES string of the molecule is CC.CC(C)(C)OC(=O)N[C@@H]1CCCN(C(=O)OCc2ccccc2)C1. The molecule has 1 saturated heterocycles. The Balaban J connectivity index is 0.00000163. The topological polar surface area (TPSA) is 67.9 Å². The number of likely N-dealkylation sites (tertiary alicyclic amines) is 1. The van der Waals surface area contributed by atoms with Crippen LogP contribution in [-0.2, 0) is 16.1 Å². The van der Waals surface area contributed by atoms with E-state index in [-0.39, 0.29) is 18.7 Å². The summed E-state index contributed by atoms with van der Waals surface area (Å²) in [5.41, 5.74) is 0.416. The van der Waals surface area contributed by atoms with Gasteiger partial charge in [0.05, 0.1) is 0 Å². The van der Waals surface area contributed by atoms with Crippen molar-refractivity contribution in [1.82, 2.24) is 10.2 Å². The minimum atomic E-state index is -0.535. The summed E-state index contributed by atoms with van der Waals surface area (Å²) in [5, 5.41) is 2.82. The van der Waals surface area contributed by atoms with Crippen LogP contribution in [0.1, 0.15) is 53.0 Å². The molecule has 1 aliphatic heterocycles. The lowest BCUT2D eigenvalue weighted by Crippen LogP contribution is -2.50. The van der Waals surface area contributed by atoms with Crippen LogP contribution in [0.15, 0.2) is 30.3 Å². The molecular weight excluding hydrogens is 332 g/mol. The third-order valence-electron chi connectivity index (χ3n) is 3.61. The van der Waals surface area contributed by atoms with Gasteiger partial charge in [0.2, 0.25) is 0 Å². The fourth-order valence-electron chi connectivity index (χ4n) is 2.55. The second-order valence-corrected chi connectivity index (χ2v) is 6.97. The van der Waals surface area contributed by atoms with Crippen LogP contribution in [0.2, 0.25) is 0 Å². The Labute approximate surface area is 156 Å². The maximum atomic E-state index is 12.2. The molecule has 0 aromatic heterocycles. The Morgan fingerprint density at radius 2 is 1.85 bits per heavy atom. The number of ether oxygens (including phenoxy) is 2. The smallest absolute Gasteiger partial charge is 0.410 e. The van der Waals surface area contributed by atoms with E-state index in [1.54, 1.807) is 4.90 Å². The normalized spacial score (nSPS) is 16.8. The average Bonchev–Trinajstić information content (AvgIpc) is 2.61. The number of nitrogens with one attached hydrogen (secondary N) is 1. The van der Waals surface area contributed by atoms with Gasteiger partial charge in [-0.15, -0.1) is 0 Å². The van der Waals surface area contributed by atoms with Gasteiger partial charge >= 0.3 is 12.2 Å². The molecule has 0 unspecified atom stereocenters. The molecule has 26 heavy (non-hydrogen) atoms. The van der Waals surface area contributed by atoms with Gasteiger partial charge in [-0.1, -0.05) is 44.2 Å². The molecule has 0 spiro atoms. The van der Waals surface area contributed by atoms with Crippen LogP contribution in [0.25, 0.3) is 0 Å². The minimum absolute atomic E-state index is 0.113. The summed E-state index contributed by atoms with van der Waals surface area (Å²) in [6.07, 6.45) is 0.837. The first-order valence-corrected chi connectivity index (χ1v) is 9.28. The summed E-state index contributed by atoms with van der Waals surface area (Å²) in [6.45, 7) is 10.8. The van der Waals surface area contributed by atoms with Crippen molar-refractivity contribution in [3.8, 4) is 0 Å². The Morgan fingerprint density at radius 3 is 2.46 bits per heavy atom. The van der Waals surface area contributed by atoms with Gasteiger partial charge in [0.15, 0.2) is 0 Å². The third-order valence-corrected chi connectivity index (χ3v) is 3.61. The van der Waals surface area contributed by atoms with Gasteiger partial charge in [0, 0.05) is 19.1 Å². The zero-order valence-corrected chi connectivity index (χ0v) is 16.6. The molecule has 1 N–H and O–H groups in total. The lowest BCUT2D eigenvalue weighted by atomic mass is 10.1. The molecule has 1 aromatic rings. The molecule has 1 atom stereocenters. The summed E-state index contributed by atoms with van der Waals surface area (Å²) in [6, 6.07) is 9.45. The quantitative estimate of drug-likeness (QED) is 0.866. The highest BCUT2D eigenvalue weighted by Gasteiger charge is 2.27. The predicted molar refractivity (Wildman–Crippen MR) is 102 cm³/mol. The summed E-state index contributed by atoms with van der Waals surface area (Å²) >= 11 is 0. The van der Waals surface area contributed by atoms with Crippen LogP contribution in [0.4, 0.5) is 9.59 Å². The number of alkyl carbamates (subject to hydrolysis) is 1. The van der Waals surface area contributed by atoms with E-state index in [1.807, 2.05) is 65.0 Å². The maximum Gasteiger partial charge on any atom is 0.410 e. The summed E-state index contributed by atoms with van der Waals surface area (Å²) in [5.74, 6) is 0. The van der Waals surface area contributed by atoms with E-state index in [0.717, 1.165) is 18.4 Å². The molecule has 6 heteroatoms. The first kappa shape index (κ1) is 21.8. The van der Waals surface area contributed by atoms with Crippen molar-refractivity contribution in [3.05, 3.63) is 35.9 Å². The van der Waals surface area contributed by atoms with Gasteiger partial charge in [-0.25, -0.2) is 9.59 Å². The van der Waals surface area contributed by atoms with Gasteiger partial charge in [-0.3, -0.25) is 0 Å². The van der Waals surface area contributed by atoms with Crippen molar-refractivity contribution >= 4 is 12.2 Å². The number of carbonyl (C=O) groups excluding carboxylic acids is 2. The van der Waals surface area contributed by atoms with E-state index in [9.17, 15) is 9.59 Å². The zero-order valence-electron chi connectivity index (χ0n) is 16.6. The van der Waals surface area contributed by atoms with Gasteiger partial charge in [0.1, 0.15) is 12.2 Å². The summed E-state index contributed by atoms with van der Waals surface area (Å²) in [7, 11) is 0. The highest BCUT2D eigenvalue weighted by atomic mass is 16.6. The van der Waals surface area contributed by atoms with Gasteiger partial charge in [-0.05, 0) is 39.2 Å². The van der Waals surface area contributed by atoms with Crippen molar-refractivity contribution < 1.29 is 19.1 Å². The first-order valence-electron chi connectivity index (χ1n) is 9.28. The highest BCUT2D eigenvalue weighted by Crippen LogP contribution is 2.14. The molecule has 1 fully saturated rings. The largest absolute Gasteiger partial charge is 0.445 e.